The highest BCUT2D eigenvalue weighted by Gasteiger charge is 2.16. The lowest BCUT2D eigenvalue weighted by Crippen LogP contribution is -2.15. The normalized spacial score (nSPS) is 22.0. The second kappa shape index (κ2) is 3.07. The van der Waals surface area contributed by atoms with Gasteiger partial charge in [0.15, 0.2) is 0 Å². The van der Waals surface area contributed by atoms with Crippen LogP contribution in [0.25, 0.3) is 0 Å². The second-order valence-corrected chi connectivity index (χ2v) is 4.06. The molecular weight excluding hydrogens is 173 g/mol. The summed E-state index contributed by atoms with van der Waals surface area (Å²) in [6, 6.07) is 4.94. The fraction of sp³-hybridized carbons (Fsp3) is 0.333. The Kier molecular flexibility index (Phi) is 2.07. The molecular formula is C9H10FNS. The number of hydrogen-bond donors (Lipinski definition) is 1. The first kappa shape index (κ1) is 8.08. The Bertz CT molecular complexity index is 301. The molecule has 0 spiro atoms. The fourth-order valence-electron chi connectivity index (χ4n) is 1.39. The number of nitrogens with two attached hydrogens (primary N) is 1. The molecule has 0 radical (unpaired) electrons. The third-order valence-electron chi connectivity index (χ3n) is 2.06. The molecule has 1 nitrogen and oxygen atoms in total. The molecule has 1 aliphatic rings. The monoisotopic (exact) mass is 183 g/mol. The van der Waals surface area contributed by atoms with Crippen molar-refractivity contribution in [1.29, 1.82) is 0 Å². The Hall–Kier alpha value is -0.540. The maximum Gasteiger partial charge on any atom is 0.124 e. The van der Waals surface area contributed by atoms with E-state index in [1.54, 1.807) is 23.9 Å². The molecule has 0 saturated heterocycles. The number of rotatable bonds is 0. The molecule has 0 aliphatic carbocycles. The van der Waals surface area contributed by atoms with Crippen LogP contribution in [0, 0.1) is 5.82 Å². The minimum atomic E-state index is -0.171. The summed E-state index contributed by atoms with van der Waals surface area (Å²) in [6.45, 7) is 0. The van der Waals surface area contributed by atoms with Crippen LogP contribution >= 0.6 is 11.8 Å². The number of hydrogen-bond acceptors (Lipinski definition) is 2. The second-order valence-electron chi connectivity index (χ2n) is 2.93. The van der Waals surface area contributed by atoms with Gasteiger partial charge >= 0.3 is 0 Å². The first-order valence-corrected chi connectivity index (χ1v) is 4.94. The smallest absolute Gasteiger partial charge is 0.124 e. The lowest BCUT2D eigenvalue weighted by atomic mass is 10.1. The van der Waals surface area contributed by atoms with Crippen molar-refractivity contribution < 1.29 is 4.39 Å². The summed E-state index contributed by atoms with van der Waals surface area (Å²) in [6.07, 6.45) is 0.989. The van der Waals surface area contributed by atoms with Crippen molar-refractivity contribution in [3.63, 3.8) is 0 Å². The maximum absolute atomic E-state index is 12.8. The van der Waals surface area contributed by atoms with Gasteiger partial charge < -0.3 is 5.73 Å². The molecule has 1 aliphatic heterocycles. The Morgan fingerprint density at radius 3 is 3.17 bits per heavy atom. The van der Waals surface area contributed by atoms with Crippen molar-refractivity contribution in [3.8, 4) is 0 Å². The van der Waals surface area contributed by atoms with Crippen molar-refractivity contribution in [1.82, 2.24) is 0 Å². The molecule has 2 rings (SSSR count). The summed E-state index contributed by atoms with van der Waals surface area (Å²) in [5, 5.41) is 0. The average Bonchev–Trinajstić information content (AvgIpc) is 2.04. The van der Waals surface area contributed by atoms with Crippen molar-refractivity contribution in [2.24, 2.45) is 5.73 Å². The number of benzene rings is 1. The van der Waals surface area contributed by atoms with Crippen LogP contribution in [0.4, 0.5) is 4.39 Å². The van der Waals surface area contributed by atoms with Crippen LogP contribution in [0.5, 0.6) is 0 Å². The SMILES string of the molecule is NC1CCSc2cc(F)ccc21. The summed E-state index contributed by atoms with van der Waals surface area (Å²) in [7, 11) is 0. The van der Waals surface area contributed by atoms with Crippen molar-refractivity contribution >= 4 is 11.8 Å². The first-order chi connectivity index (χ1) is 5.77. The third-order valence-corrected chi connectivity index (χ3v) is 3.17. The zero-order chi connectivity index (χ0) is 8.55. The van der Waals surface area contributed by atoms with Gasteiger partial charge in [0.25, 0.3) is 0 Å². The Balaban J connectivity index is 2.46. The van der Waals surface area contributed by atoms with Crippen molar-refractivity contribution in [2.75, 3.05) is 5.75 Å². The van der Waals surface area contributed by atoms with E-state index in [0.29, 0.717) is 0 Å². The summed E-state index contributed by atoms with van der Waals surface area (Å²) in [5.41, 5.74) is 6.95. The van der Waals surface area contributed by atoms with Crippen LogP contribution in [-0.4, -0.2) is 5.75 Å². The van der Waals surface area contributed by atoms with Gasteiger partial charge in [0.1, 0.15) is 5.82 Å². The summed E-state index contributed by atoms with van der Waals surface area (Å²) < 4.78 is 12.8. The lowest BCUT2D eigenvalue weighted by molar-refractivity contribution is 0.614. The van der Waals surface area contributed by atoms with E-state index in [4.69, 9.17) is 5.73 Å². The molecule has 1 aromatic carbocycles. The van der Waals surface area contributed by atoms with Gasteiger partial charge in [0, 0.05) is 10.9 Å². The van der Waals surface area contributed by atoms with Gasteiger partial charge in [-0.2, -0.15) is 0 Å². The van der Waals surface area contributed by atoms with E-state index >= 15 is 0 Å². The molecule has 0 fully saturated rings. The van der Waals surface area contributed by atoms with Gasteiger partial charge in [-0.3, -0.25) is 0 Å². The van der Waals surface area contributed by atoms with Gasteiger partial charge in [-0.1, -0.05) is 6.07 Å². The summed E-state index contributed by atoms with van der Waals surface area (Å²) in [5.74, 6) is 0.827. The maximum atomic E-state index is 12.8. The predicted octanol–water partition coefficient (Wildman–Crippen LogP) is 2.32. The van der Waals surface area contributed by atoms with Crippen LogP contribution in [0.1, 0.15) is 18.0 Å². The molecule has 0 bridgehead atoms. The van der Waals surface area contributed by atoms with Crippen molar-refractivity contribution in [2.45, 2.75) is 17.4 Å². The van der Waals surface area contributed by atoms with E-state index < -0.39 is 0 Å². The molecule has 2 N–H and O–H groups in total. The van der Waals surface area contributed by atoms with E-state index in [1.807, 2.05) is 0 Å². The molecule has 64 valence electrons. The molecule has 1 unspecified atom stereocenters. The Labute approximate surface area is 75.1 Å². The first-order valence-electron chi connectivity index (χ1n) is 3.95. The van der Waals surface area contributed by atoms with E-state index in [2.05, 4.69) is 0 Å². The molecule has 0 amide bonds. The molecule has 1 heterocycles. The van der Waals surface area contributed by atoms with Crippen LogP contribution in [0.2, 0.25) is 0 Å². The van der Waals surface area contributed by atoms with Gasteiger partial charge in [-0.15, -0.1) is 11.8 Å². The zero-order valence-electron chi connectivity index (χ0n) is 6.59. The third kappa shape index (κ3) is 1.34. The van der Waals surface area contributed by atoms with E-state index in [1.165, 1.54) is 6.07 Å². The lowest BCUT2D eigenvalue weighted by Gasteiger charge is -2.21. The highest BCUT2D eigenvalue weighted by molar-refractivity contribution is 7.99. The Morgan fingerprint density at radius 2 is 2.33 bits per heavy atom. The number of halogens is 1. The van der Waals surface area contributed by atoms with E-state index in [-0.39, 0.29) is 11.9 Å². The minimum absolute atomic E-state index is 0.0989. The quantitative estimate of drug-likeness (QED) is 0.668. The van der Waals surface area contributed by atoms with Crippen LogP contribution < -0.4 is 5.73 Å². The molecule has 12 heavy (non-hydrogen) atoms. The van der Waals surface area contributed by atoms with Gasteiger partial charge in [-0.25, -0.2) is 4.39 Å². The largest absolute Gasteiger partial charge is 0.324 e. The molecule has 0 aromatic heterocycles. The van der Waals surface area contributed by atoms with Crippen LogP contribution in [0.15, 0.2) is 23.1 Å². The highest BCUT2D eigenvalue weighted by atomic mass is 32.2. The predicted molar refractivity (Wildman–Crippen MR) is 48.7 cm³/mol. The molecule has 0 saturated carbocycles. The van der Waals surface area contributed by atoms with Crippen LogP contribution in [-0.2, 0) is 0 Å². The number of fused-ring (bicyclic) bond motifs is 1. The van der Waals surface area contributed by atoms with E-state index in [9.17, 15) is 4.39 Å². The standard InChI is InChI=1S/C9H10FNS/c10-6-1-2-7-8(11)3-4-12-9(7)5-6/h1-2,5,8H,3-4,11H2. The highest BCUT2D eigenvalue weighted by Crippen LogP contribution is 2.34. The van der Waals surface area contributed by atoms with Gasteiger partial charge in [0.2, 0.25) is 0 Å². The Morgan fingerprint density at radius 1 is 1.50 bits per heavy atom. The summed E-state index contributed by atoms with van der Waals surface area (Å²) >= 11 is 1.69. The van der Waals surface area contributed by atoms with Gasteiger partial charge in [-0.05, 0) is 29.9 Å². The topological polar surface area (TPSA) is 26.0 Å². The van der Waals surface area contributed by atoms with Crippen LogP contribution in [0.3, 0.4) is 0 Å². The van der Waals surface area contributed by atoms with E-state index in [0.717, 1.165) is 22.6 Å². The molecule has 1 aromatic rings. The molecule has 3 heteroatoms. The minimum Gasteiger partial charge on any atom is -0.324 e. The fourth-order valence-corrected chi connectivity index (χ4v) is 2.56. The average molecular weight is 183 g/mol. The van der Waals surface area contributed by atoms with Crippen molar-refractivity contribution in [3.05, 3.63) is 29.6 Å². The number of thioether (sulfide) groups is 1. The zero-order valence-corrected chi connectivity index (χ0v) is 7.40. The van der Waals surface area contributed by atoms with Gasteiger partial charge in [0.05, 0.1) is 0 Å². The molecule has 1 atom stereocenters. The summed E-state index contributed by atoms with van der Waals surface area (Å²) in [4.78, 5) is 1.01.